The van der Waals surface area contributed by atoms with E-state index >= 15 is 0 Å². The van der Waals surface area contributed by atoms with Crippen LogP contribution in [-0.2, 0) is 5.54 Å². The first-order chi connectivity index (χ1) is 9.99. The molecule has 0 heterocycles. The predicted molar refractivity (Wildman–Crippen MR) is 81.0 cm³/mol. The number of carbonyl (C=O) groups is 1. The van der Waals surface area contributed by atoms with E-state index in [0.29, 0.717) is 23.1 Å². The van der Waals surface area contributed by atoms with Crippen LogP contribution in [0, 0.1) is 10.1 Å². The standard InChI is InChI=1S/C17H17NO3/c1-3-17(2,18(20)21)15-11-9-14(10-12-15)16(19)13-7-5-4-6-8-13/h4-12H,3H2,1-2H3/t17-/m0/s1. The molecule has 0 spiro atoms. The summed E-state index contributed by atoms with van der Waals surface area (Å²) in [5.41, 5.74) is 0.637. The minimum absolute atomic E-state index is 0.0820. The minimum Gasteiger partial charge on any atom is -0.289 e. The molecule has 2 aromatic rings. The molecule has 1 atom stereocenters. The van der Waals surface area contributed by atoms with Gasteiger partial charge in [0, 0.05) is 35.0 Å². The van der Waals surface area contributed by atoms with Gasteiger partial charge < -0.3 is 0 Å². The smallest absolute Gasteiger partial charge is 0.244 e. The average Bonchev–Trinajstić information content (AvgIpc) is 2.54. The first-order valence-electron chi connectivity index (χ1n) is 6.84. The largest absolute Gasteiger partial charge is 0.289 e. The van der Waals surface area contributed by atoms with Crippen molar-refractivity contribution in [3.05, 3.63) is 81.4 Å². The Bertz CT molecular complexity index is 649. The zero-order valence-electron chi connectivity index (χ0n) is 12.1. The maximum absolute atomic E-state index is 12.3. The van der Waals surface area contributed by atoms with E-state index in [9.17, 15) is 14.9 Å². The SMILES string of the molecule is CC[C@@](C)(c1ccc(C(=O)c2ccccc2)cc1)[N+](=O)[O-]. The maximum Gasteiger partial charge on any atom is 0.244 e. The molecule has 0 fully saturated rings. The molecule has 2 rings (SSSR count). The number of hydrogen-bond acceptors (Lipinski definition) is 3. The quantitative estimate of drug-likeness (QED) is 0.476. The number of rotatable bonds is 5. The fourth-order valence-corrected chi connectivity index (χ4v) is 2.18. The van der Waals surface area contributed by atoms with Crippen molar-refractivity contribution in [1.82, 2.24) is 0 Å². The zero-order chi connectivity index (χ0) is 15.5. The van der Waals surface area contributed by atoms with E-state index in [-0.39, 0.29) is 10.7 Å². The summed E-state index contributed by atoms with van der Waals surface area (Å²) in [6, 6.07) is 15.6. The van der Waals surface area contributed by atoms with Crippen molar-refractivity contribution in [3.63, 3.8) is 0 Å². The first kappa shape index (κ1) is 14.9. The Hall–Kier alpha value is -2.49. The minimum atomic E-state index is -1.12. The van der Waals surface area contributed by atoms with Gasteiger partial charge in [-0.25, -0.2) is 0 Å². The summed E-state index contributed by atoms with van der Waals surface area (Å²) in [4.78, 5) is 23.2. The molecule has 0 N–H and O–H groups in total. The fourth-order valence-electron chi connectivity index (χ4n) is 2.18. The lowest BCUT2D eigenvalue weighted by Crippen LogP contribution is -2.30. The topological polar surface area (TPSA) is 60.2 Å². The van der Waals surface area contributed by atoms with Gasteiger partial charge in [-0.2, -0.15) is 0 Å². The Morgan fingerprint density at radius 3 is 2.05 bits per heavy atom. The molecule has 0 aliphatic heterocycles. The van der Waals surface area contributed by atoms with E-state index in [2.05, 4.69) is 0 Å². The van der Waals surface area contributed by atoms with Crippen LogP contribution in [-0.4, -0.2) is 10.7 Å². The normalized spacial score (nSPS) is 13.4. The van der Waals surface area contributed by atoms with Crippen LogP contribution >= 0.6 is 0 Å². The van der Waals surface area contributed by atoms with Gasteiger partial charge in [0.15, 0.2) is 5.78 Å². The molecule has 0 radical (unpaired) electrons. The number of carbonyl (C=O) groups excluding carboxylic acids is 1. The monoisotopic (exact) mass is 283 g/mol. The first-order valence-corrected chi connectivity index (χ1v) is 6.84. The van der Waals surface area contributed by atoms with Crippen LogP contribution in [0.3, 0.4) is 0 Å². The van der Waals surface area contributed by atoms with E-state index in [1.54, 1.807) is 50.2 Å². The van der Waals surface area contributed by atoms with Crippen molar-refractivity contribution >= 4 is 5.78 Å². The summed E-state index contributed by atoms with van der Waals surface area (Å²) < 4.78 is 0. The van der Waals surface area contributed by atoms with Crippen molar-refractivity contribution in [1.29, 1.82) is 0 Å². The highest BCUT2D eigenvalue weighted by molar-refractivity contribution is 6.08. The molecule has 21 heavy (non-hydrogen) atoms. The molecule has 0 saturated heterocycles. The summed E-state index contributed by atoms with van der Waals surface area (Å²) in [6.45, 7) is 3.38. The van der Waals surface area contributed by atoms with Crippen molar-refractivity contribution < 1.29 is 9.72 Å². The lowest BCUT2D eigenvalue weighted by atomic mass is 9.89. The Balaban J connectivity index is 2.32. The van der Waals surface area contributed by atoms with Crippen LogP contribution in [0.2, 0.25) is 0 Å². The summed E-state index contributed by atoms with van der Waals surface area (Å²) >= 11 is 0. The molecule has 4 nitrogen and oxygen atoms in total. The fraction of sp³-hybridized carbons (Fsp3) is 0.235. The second kappa shape index (κ2) is 5.87. The van der Waals surface area contributed by atoms with Gasteiger partial charge >= 0.3 is 0 Å². The van der Waals surface area contributed by atoms with Crippen LogP contribution in [0.15, 0.2) is 54.6 Å². The lowest BCUT2D eigenvalue weighted by molar-refractivity contribution is -0.575. The summed E-state index contributed by atoms with van der Waals surface area (Å²) in [7, 11) is 0. The summed E-state index contributed by atoms with van der Waals surface area (Å²) in [5.74, 6) is -0.0820. The van der Waals surface area contributed by atoms with E-state index in [1.165, 1.54) is 0 Å². The second-order valence-electron chi connectivity index (χ2n) is 5.16. The Morgan fingerprint density at radius 1 is 1.05 bits per heavy atom. The number of benzene rings is 2. The molecule has 0 unspecified atom stereocenters. The van der Waals surface area contributed by atoms with Crippen LogP contribution in [0.25, 0.3) is 0 Å². The van der Waals surface area contributed by atoms with Gasteiger partial charge in [0.1, 0.15) is 0 Å². The summed E-state index contributed by atoms with van der Waals surface area (Å²) in [6.07, 6.45) is 0.395. The predicted octanol–water partition coefficient (Wildman–Crippen LogP) is 3.82. The van der Waals surface area contributed by atoms with Gasteiger partial charge in [0.2, 0.25) is 5.54 Å². The van der Waals surface area contributed by atoms with Crippen LogP contribution in [0.1, 0.15) is 41.8 Å². The van der Waals surface area contributed by atoms with E-state index in [1.807, 2.05) is 18.2 Å². The van der Waals surface area contributed by atoms with Gasteiger partial charge in [0.25, 0.3) is 0 Å². The molecule has 108 valence electrons. The maximum atomic E-state index is 12.3. The van der Waals surface area contributed by atoms with Crippen LogP contribution in [0.5, 0.6) is 0 Å². The van der Waals surface area contributed by atoms with Crippen molar-refractivity contribution in [2.45, 2.75) is 25.8 Å². The van der Waals surface area contributed by atoms with Crippen LogP contribution in [0.4, 0.5) is 0 Å². The Kier molecular flexibility index (Phi) is 4.17. The summed E-state index contributed by atoms with van der Waals surface area (Å²) in [5, 5.41) is 11.2. The Labute approximate surface area is 123 Å². The molecule has 2 aromatic carbocycles. The second-order valence-corrected chi connectivity index (χ2v) is 5.16. The van der Waals surface area contributed by atoms with Gasteiger partial charge in [-0.05, 0) is 0 Å². The van der Waals surface area contributed by atoms with E-state index < -0.39 is 5.54 Å². The third-order valence-corrected chi connectivity index (χ3v) is 3.90. The van der Waals surface area contributed by atoms with Gasteiger partial charge in [0.05, 0.1) is 0 Å². The van der Waals surface area contributed by atoms with Gasteiger partial charge in [-0.3, -0.25) is 14.9 Å². The molecule has 0 aliphatic rings. The molecule has 0 aromatic heterocycles. The number of ketones is 1. The van der Waals surface area contributed by atoms with Crippen molar-refractivity contribution in [3.8, 4) is 0 Å². The molecular formula is C17H17NO3. The number of hydrogen-bond donors (Lipinski definition) is 0. The number of nitro groups is 1. The van der Waals surface area contributed by atoms with Gasteiger partial charge in [-0.15, -0.1) is 0 Å². The molecular weight excluding hydrogens is 266 g/mol. The Morgan fingerprint density at radius 2 is 1.57 bits per heavy atom. The van der Waals surface area contributed by atoms with Crippen LogP contribution < -0.4 is 0 Å². The molecule has 0 bridgehead atoms. The van der Waals surface area contributed by atoms with E-state index in [0.717, 1.165) is 0 Å². The van der Waals surface area contributed by atoms with Gasteiger partial charge in [-0.1, -0.05) is 61.5 Å². The average molecular weight is 283 g/mol. The molecule has 0 saturated carbocycles. The molecule has 0 aliphatic carbocycles. The van der Waals surface area contributed by atoms with E-state index in [4.69, 9.17) is 0 Å². The lowest BCUT2D eigenvalue weighted by Gasteiger charge is -2.19. The van der Waals surface area contributed by atoms with Crippen molar-refractivity contribution in [2.24, 2.45) is 0 Å². The number of nitrogens with zero attached hydrogens (tertiary/aromatic N) is 1. The zero-order valence-corrected chi connectivity index (χ0v) is 12.1. The highest BCUT2D eigenvalue weighted by Crippen LogP contribution is 2.28. The molecule has 0 amide bonds. The third-order valence-electron chi connectivity index (χ3n) is 3.90. The molecule has 4 heteroatoms. The highest BCUT2D eigenvalue weighted by atomic mass is 16.6. The third kappa shape index (κ3) is 2.84. The van der Waals surface area contributed by atoms with Crippen molar-refractivity contribution in [2.75, 3.05) is 0 Å². The highest BCUT2D eigenvalue weighted by Gasteiger charge is 2.37.